The number of ketones is 1. The first kappa shape index (κ1) is 25.7. The predicted octanol–water partition coefficient (Wildman–Crippen LogP) is 4.43. The summed E-state index contributed by atoms with van der Waals surface area (Å²) in [4.78, 5) is 11.7. The number of alkyl halides is 1. The van der Waals surface area contributed by atoms with E-state index in [1.807, 2.05) is 38.1 Å². The zero-order valence-electron chi connectivity index (χ0n) is 17.4. The molecule has 0 saturated carbocycles. The topological polar surface area (TPSA) is 81.7 Å². The Morgan fingerprint density at radius 3 is 2.13 bits per heavy atom. The highest BCUT2D eigenvalue weighted by molar-refractivity contribution is 7.88. The molecule has 0 bridgehead atoms. The molecule has 0 radical (unpaired) electrons. The quantitative estimate of drug-likeness (QED) is 0.454. The van der Waals surface area contributed by atoms with Crippen LogP contribution >= 0.6 is 34.8 Å². The lowest BCUT2D eigenvalue weighted by Crippen LogP contribution is -2.31. The number of carbonyl (C=O) groups is 1. The minimum atomic E-state index is -3.42. The van der Waals surface area contributed by atoms with E-state index in [0.29, 0.717) is 34.0 Å². The average Bonchev–Trinajstić information content (AvgIpc) is 2.69. The summed E-state index contributed by atoms with van der Waals surface area (Å²) in [5.74, 6) is 0.847. The molecule has 6 nitrogen and oxygen atoms in total. The van der Waals surface area contributed by atoms with Gasteiger partial charge in [-0.1, -0.05) is 49.2 Å². The number of carbonyl (C=O) groups excluding carboxylic acids is 1. The first-order valence-corrected chi connectivity index (χ1v) is 12.5. The van der Waals surface area contributed by atoms with Crippen molar-refractivity contribution in [3.8, 4) is 11.5 Å². The van der Waals surface area contributed by atoms with Crippen LogP contribution in [0, 0.1) is 0 Å². The molecule has 0 aliphatic rings. The van der Waals surface area contributed by atoms with Crippen LogP contribution in [0.25, 0.3) is 0 Å². The maximum Gasteiger partial charge on any atom is 0.209 e. The van der Waals surface area contributed by atoms with Crippen molar-refractivity contribution in [1.29, 1.82) is 0 Å². The maximum absolute atomic E-state index is 11.7. The fourth-order valence-corrected chi connectivity index (χ4v) is 3.86. The van der Waals surface area contributed by atoms with Crippen LogP contribution in [0.5, 0.6) is 11.5 Å². The molecule has 170 valence electrons. The number of sulfonamides is 1. The van der Waals surface area contributed by atoms with Crippen molar-refractivity contribution >= 4 is 50.6 Å². The number of nitrogens with one attached hydrogen (secondary N) is 1. The zero-order chi connectivity index (χ0) is 23.2. The maximum atomic E-state index is 11.7. The lowest BCUT2D eigenvalue weighted by Gasteiger charge is -2.27. The minimum Gasteiger partial charge on any atom is -0.489 e. The van der Waals surface area contributed by atoms with Crippen LogP contribution < -0.4 is 14.2 Å². The summed E-state index contributed by atoms with van der Waals surface area (Å²) in [5, 5.41) is 0.809. The summed E-state index contributed by atoms with van der Waals surface area (Å²) >= 11 is 18.4. The first-order valence-electron chi connectivity index (χ1n) is 9.32. The third kappa shape index (κ3) is 7.54. The summed E-state index contributed by atoms with van der Waals surface area (Å²) in [6, 6.07) is 10.9. The van der Waals surface area contributed by atoms with Gasteiger partial charge < -0.3 is 9.47 Å². The molecule has 2 aromatic rings. The van der Waals surface area contributed by atoms with Gasteiger partial charge in [0.15, 0.2) is 11.5 Å². The van der Waals surface area contributed by atoms with Crippen molar-refractivity contribution in [2.45, 2.75) is 19.3 Å². The molecular weight excluding hydrogens is 485 g/mol. The van der Waals surface area contributed by atoms with E-state index < -0.39 is 15.4 Å². The second-order valence-corrected chi connectivity index (χ2v) is 10.4. The molecule has 10 heteroatoms. The van der Waals surface area contributed by atoms with Crippen LogP contribution in [0.2, 0.25) is 10.0 Å². The SMILES string of the molecule is CC(C)(c1ccc(OCC(=O)CNS(C)(=O)=O)cc1)c1cc(Cl)c(OCCCl)c(Cl)c1. The highest BCUT2D eigenvalue weighted by atomic mass is 35.5. The monoisotopic (exact) mass is 507 g/mol. The van der Waals surface area contributed by atoms with Gasteiger partial charge in [-0.05, 0) is 35.4 Å². The van der Waals surface area contributed by atoms with Crippen molar-refractivity contribution in [2.75, 3.05) is 31.9 Å². The molecule has 0 saturated heterocycles. The van der Waals surface area contributed by atoms with Gasteiger partial charge in [0, 0.05) is 5.41 Å². The van der Waals surface area contributed by atoms with Crippen LogP contribution in [0.4, 0.5) is 0 Å². The Balaban J connectivity index is 2.10. The van der Waals surface area contributed by atoms with Crippen molar-refractivity contribution in [1.82, 2.24) is 4.72 Å². The molecule has 2 aromatic carbocycles. The number of hydrogen-bond donors (Lipinski definition) is 1. The zero-order valence-corrected chi connectivity index (χ0v) is 20.5. The van der Waals surface area contributed by atoms with Gasteiger partial charge >= 0.3 is 0 Å². The summed E-state index contributed by atoms with van der Waals surface area (Å²) in [5.41, 5.74) is 1.45. The van der Waals surface area contributed by atoms with Crippen molar-refractivity contribution in [3.05, 3.63) is 57.6 Å². The van der Waals surface area contributed by atoms with Gasteiger partial charge in [0.1, 0.15) is 19.0 Å². The Bertz CT molecular complexity index is 1000. The normalized spacial score (nSPS) is 11.9. The average molecular weight is 509 g/mol. The van der Waals surface area contributed by atoms with E-state index in [2.05, 4.69) is 4.72 Å². The lowest BCUT2D eigenvalue weighted by atomic mass is 9.78. The molecule has 0 atom stereocenters. The van der Waals surface area contributed by atoms with Crippen LogP contribution in [-0.2, 0) is 20.2 Å². The largest absolute Gasteiger partial charge is 0.489 e. The molecular formula is C21H24Cl3NO5S. The van der Waals surface area contributed by atoms with E-state index in [9.17, 15) is 13.2 Å². The highest BCUT2D eigenvalue weighted by Gasteiger charge is 2.25. The fraction of sp³-hybridized carbons (Fsp3) is 0.381. The Morgan fingerprint density at radius 2 is 1.61 bits per heavy atom. The second-order valence-electron chi connectivity index (χ2n) is 7.38. The van der Waals surface area contributed by atoms with Crippen LogP contribution in [0.1, 0.15) is 25.0 Å². The van der Waals surface area contributed by atoms with E-state index >= 15 is 0 Å². The predicted molar refractivity (Wildman–Crippen MR) is 125 cm³/mol. The third-order valence-corrected chi connectivity index (χ3v) is 5.94. The number of ether oxygens (including phenoxy) is 2. The Kier molecular flexibility index (Phi) is 9.03. The van der Waals surface area contributed by atoms with E-state index in [-0.39, 0.29) is 18.9 Å². The van der Waals surface area contributed by atoms with Gasteiger partial charge in [-0.25, -0.2) is 13.1 Å². The molecule has 0 aliphatic carbocycles. The summed E-state index contributed by atoms with van der Waals surface area (Å²) in [6.07, 6.45) is 0.989. The first-order chi connectivity index (χ1) is 14.4. The molecule has 0 heterocycles. The number of benzene rings is 2. The molecule has 2 rings (SSSR count). The van der Waals surface area contributed by atoms with Crippen molar-refractivity contribution in [2.24, 2.45) is 0 Å². The summed E-state index contributed by atoms with van der Waals surface area (Å²) in [6.45, 7) is 3.82. The van der Waals surface area contributed by atoms with Gasteiger partial charge in [-0.2, -0.15) is 0 Å². The van der Waals surface area contributed by atoms with Gasteiger partial charge in [0.2, 0.25) is 10.0 Å². The number of halogens is 3. The van der Waals surface area contributed by atoms with Crippen LogP contribution in [-0.4, -0.2) is 46.1 Å². The van der Waals surface area contributed by atoms with Gasteiger partial charge in [0.05, 0.1) is 28.7 Å². The van der Waals surface area contributed by atoms with Gasteiger partial charge in [-0.3, -0.25) is 4.79 Å². The van der Waals surface area contributed by atoms with Gasteiger partial charge in [-0.15, -0.1) is 11.6 Å². The number of hydrogen-bond acceptors (Lipinski definition) is 5. The number of Topliss-reactive ketones (excluding diaryl/α,β-unsaturated/α-hetero) is 1. The van der Waals surface area contributed by atoms with Crippen molar-refractivity contribution in [3.63, 3.8) is 0 Å². The lowest BCUT2D eigenvalue weighted by molar-refractivity contribution is -0.119. The standard InChI is InChI=1S/C21H24Cl3NO5S/c1-21(2,15-10-18(23)20(19(24)11-15)29-9-8-22)14-4-6-17(7-5-14)30-13-16(26)12-25-31(3,27)28/h4-7,10-11,25H,8-9,12-13H2,1-3H3. The second kappa shape index (κ2) is 10.9. The fourth-order valence-electron chi connectivity index (χ4n) is 2.76. The van der Waals surface area contributed by atoms with E-state index in [4.69, 9.17) is 44.3 Å². The summed E-state index contributed by atoms with van der Waals surface area (Å²) in [7, 11) is -3.42. The molecule has 0 unspecified atom stereocenters. The molecule has 1 N–H and O–H groups in total. The number of rotatable bonds is 11. The van der Waals surface area contributed by atoms with Crippen molar-refractivity contribution < 1.29 is 22.7 Å². The Hall–Kier alpha value is -1.51. The summed E-state index contributed by atoms with van der Waals surface area (Å²) < 4.78 is 35.2. The van der Waals surface area contributed by atoms with E-state index in [0.717, 1.165) is 17.4 Å². The Labute approximate surface area is 197 Å². The molecule has 0 fully saturated rings. The smallest absolute Gasteiger partial charge is 0.209 e. The van der Waals surface area contributed by atoms with E-state index in [1.54, 1.807) is 12.1 Å². The molecule has 0 aliphatic heterocycles. The van der Waals surface area contributed by atoms with Gasteiger partial charge in [0.25, 0.3) is 0 Å². The van der Waals surface area contributed by atoms with E-state index in [1.165, 1.54) is 0 Å². The minimum absolute atomic E-state index is 0.236. The highest BCUT2D eigenvalue weighted by Crippen LogP contribution is 2.40. The third-order valence-electron chi connectivity index (χ3n) is 4.55. The Morgan fingerprint density at radius 1 is 1.03 bits per heavy atom. The molecule has 0 aromatic heterocycles. The van der Waals surface area contributed by atoms with Crippen LogP contribution in [0.3, 0.4) is 0 Å². The molecule has 0 spiro atoms. The van der Waals surface area contributed by atoms with Crippen LogP contribution in [0.15, 0.2) is 36.4 Å². The molecule has 31 heavy (non-hydrogen) atoms. The molecule has 0 amide bonds.